The van der Waals surface area contributed by atoms with Crippen LogP contribution >= 0.6 is 0 Å². The van der Waals surface area contributed by atoms with E-state index in [1.165, 1.54) is 39.0 Å². The molecule has 6 rings (SSSR count). The Morgan fingerprint density at radius 1 is 0.963 bits per heavy atom. The SMILES string of the molecule is c1cncc([C@@H]2Nc3ccccc3[C@H]3c4[nH]c5ccccc5c4CCN32)c1. The van der Waals surface area contributed by atoms with Crippen LogP contribution in [0.25, 0.3) is 10.9 Å². The summed E-state index contributed by atoms with van der Waals surface area (Å²) in [4.78, 5) is 10.7. The van der Waals surface area contributed by atoms with Gasteiger partial charge in [-0.1, -0.05) is 42.5 Å². The van der Waals surface area contributed by atoms with E-state index < -0.39 is 0 Å². The van der Waals surface area contributed by atoms with Crippen molar-refractivity contribution in [1.29, 1.82) is 0 Å². The van der Waals surface area contributed by atoms with Gasteiger partial charge in [0, 0.05) is 46.8 Å². The van der Waals surface area contributed by atoms with E-state index >= 15 is 0 Å². The van der Waals surface area contributed by atoms with Crippen LogP contribution in [0, 0.1) is 0 Å². The first-order chi connectivity index (χ1) is 13.4. The highest BCUT2D eigenvalue weighted by molar-refractivity contribution is 5.85. The second-order valence-electron chi connectivity index (χ2n) is 7.37. The van der Waals surface area contributed by atoms with E-state index in [0.717, 1.165) is 13.0 Å². The van der Waals surface area contributed by atoms with Crippen LogP contribution in [0.5, 0.6) is 0 Å². The molecule has 132 valence electrons. The summed E-state index contributed by atoms with van der Waals surface area (Å²) in [5.41, 5.74) is 7.79. The second-order valence-corrected chi connectivity index (χ2v) is 7.37. The summed E-state index contributed by atoms with van der Waals surface area (Å²) in [5.74, 6) is 0. The van der Waals surface area contributed by atoms with Gasteiger partial charge in [0.25, 0.3) is 0 Å². The lowest BCUT2D eigenvalue weighted by Crippen LogP contribution is -2.45. The molecule has 2 N–H and O–H groups in total. The van der Waals surface area contributed by atoms with Crippen molar-refractivity contribution >= 4 is 16.6 Å². The Hall–Kier alpha value is -3.11. The van der Waals surface area contributed by atoms with Gasteiger partial charge in [0.1, 0.15) is 6.17 Å². The molecule has 2 aromatic carbocycles. The van der Waals surface area contributed by atoms with E-state index in [9.17, 15) is 0 Å². The van der Waals surface area contributed by atoms with Gasteiger partial charge in [-0.25, -0.2) is 0 Å². The van der Waals surface area contributed by atoms with Crippen molar-refractivity contribution in [2.75, 3.05) is 11.9 Å². The van der Waals surface area contributed by atoms with Crippen LogP contribution in [0.15, 0.2) is 73.1 Å². The van der Waals surface area contributed by atoms with Crippen molar-refractivity contribution in [1.82, 2.24) is 14.9 Å². The second kappa shape index (κ2) is 5.69. The molecule has 4 heteroatoms. The average Bonchev–Trinajstić information content (AvgIpc) is 3.12. The van der Waals surface area contributed by atoms with Gasteiger partial charge in [-0.05, 0) is 35.7 Å². The third-order valence-corrected chi connectivity index (χ3v) is 5.95. The molecule has 4 aromatic rings. The van der Waals surface area contributed by atoms with Gasteiger partial charge in [0.2, 0.25) is 0 Å². The predicted octanol–water partition coefficient (Wildman–Crippen LogP) is 4.63. The first kappa shape index (κ1) is 15.0. The van der Waals surface area contributed by atoms with Crippen LogP contribution in [0.3, 0.4) is 0 Å². The number of nitrogens with one attached hydrogen (secondary N) is 2. The van der Waals surface area contributed by atoms with Crippen molar-refractivity contribution in [3.63, 3.8) is 0 Å². The summed E-state index contributed by atoms with van der Waals surface area (Å²) in [6.07, 6.45) is 4.99. The third kappa shape index (κ3) is 2.17. The highest BCUT2D eigenvalue weighted by Gasteiger charge is 2.40. The lowest BCUT2D eigenvalue weighted by molar-refractivity contribution is 0.151. The van der Waals surface area contributed by atoms with E-state index in [0.29, 0.717) is 0 Å². The number of fused-ring (bicyclic) bond motifs is 7. The molecular formula is C23H20N4. The molecule has 2 atom stereocenters. The Kier molecular flexibility index (Phi) is 3.16. The van der Waals surface area contributed by atoms with Crippen molar-refractivity contribution < 1.29 is 0 Å². The molecule has 27 heavy (non-hydrogen) atoms. The molecule has 4 nitrogen and oxygen atoms in total. The summed E-state index contributed by atoms with van der Waals surface area (Å²) in [6.45, 7) is 1.01. The van der Waals surface area contributed by atoms with Gasteiger partial charge >= 0.3 is 0 Å². The summed E-state index contributed by atoms with van der Waals surface area (Å²) < 4.78 is 0. The van der Waals surface area contributed by atoms with Crippen molar-refractivity contribution in [3.8, 4) is 0 Å². The zero-order valence-corrected chi connectivity index (χ0v) is 14.9. The van der Waals surface area contributed by atoms with Crippen molar-refractivity contribution in [3.05, 3.63) is 95.4 Å². The molecule has 0 fully saturated rings. The Bertz CT molecular complexity index is 1130. The molecule has 0 saturated carbocycles. The fraction of sp³-hybridized carbons (Fsp3) is 0.174. The first-order valence-corrected chi connectivity index (χ1v) is 9.51. The van der Waals surface area contributed by atoms with Gasteiger partial charge in [-0.2, -0.15) is 0 Å². The maximum absolute atomic E-state index is 4.36. The largest absolute Gasteiger partial charge is 0.365 e. The summed E-state index contributed by atoms with van der Waals surface area (Å²) in [6, 6.07) is 21.8. The van der Waals surface area contributed by atoms with Crippen molar-refractivity contribution in [2.45, 2.75) is 18.6 Å². The van der Waals surface area contributed by atoms with E-state index in [-0.39, 0.29) is 12.2 Å². The molecule has 2 aliphatic rings. The van der Waals surface area contributed by atoms with E-state index in [4.69, 9.17) is 0 Å². The normalized spacial score (nSPS) is 21.2. The number of H-pyrrole nitrogens is 1. The van der Waals surface area contributed by atoms with Gasteiger partial charge in [-0.15, -0.1) is 0 Å². The van der Waals surface area contributed by atoms with Crippen LogP contribution < -0.4 is 5.32 Å². The molecule has 0 spiro atoms. The van der Waals surface area contributed by atoms with Crippen LogP contribution in [-0.2, 0) is 6.42 Å². The highest BCUT2D eigenvalue weighted by Crippen LogP contribution is 2.47. The fourth-order valence-electron chi connectivity index (χ4n) is 4.78. The maximum Gasteiger partial charge on any atom is 0.108 e. The molecule has 0 saturated heterocycles. The van der Waals surface area contributed by atoms with Gasteiger partial charge < -0.3 is 10.3 Å². The third-order valence-electron chi connectivity index (χ3n) is 5.95. The number of nitrogens with zero attached hydrogens (tertiary/aromatic N) is 2. The number of hydrogen-bond donors (Lipinski definition) is 2. The number of aromatic amines is 1. The van der Waals surface area contributed by atoms with Gasteiger partial charge in [-0.3, -0.25) is 9.88 Å². The number of rotatable bonds is 1. The first-order valence-electron chi connectivity index (χ1n) is 9.51. The predicted molar refractivity (Wildman–Crippen MR) is 108 cm³/mol. The Balaban J connectivity index is 1.58. The quantitative estimate of drug-likeness (QED) is 0.525. The van der Waals surface area contributed by atoms with Crippen LogP contribution in [0.4, 0.5) is 5.69 Å². The Morgan fingerprint density at radius 3 is 2.78 bits per heavy atom. The molecule has 0 amide bonds. The number of benzene rings is 2. The number of anilines is 1. The number of hydrogen-bond acceptors (Lipinski definition) is 3. The molecule has 2 aliphatic heterocycles. The molecule has 4 heterocycles. The number of pyridine rings is 1. The lowest BCUT2D eigenvalue weighted by Gasteiger charge is -2.46. The highest BCUT2D eigenvalue weighted by atomic mass is 15.3. The number of aromatic nitrogens is 2. The monoisotopic (exact) mass is 352 g/mol. The maximum atomic E-state index is 4.36. The number of para-hydroxylation sites is 2. The minimum absolute atomic E-state index is 0.123. The molecule has 2 aromatic heterocycles. The van der Waals surface area contributed by atoms with E-state index in [1.54, 1.807) is 0 Å². The lowest BCUT2D eigenvalue weighted by atomic mass is 9.88. The van der Waals surface area contributed by atoms with Gasteiger partial charge in [0.15, 0.2) is 0 Å². The summed E-state index contributed by atoms with van der Waals surface area (Å²) in [7, 11) is 0. The zero-order valence-electron chi connectivity index (χ0n) is 14.9. The van der Waals surface area contributed by atoms with Crippen LogP contribution in [0.2, 0.25) is 0 Å². The van der Waals surface area contributed by atoms with Gasteiger partial charge in [0.05, 0.1) is 6.04 Å². The fourth-order valence-corrected chi connectivity index (χ4v) is 4.78. The Labute approximate surface area is 157 Å². The Morgan fingerprint density at radius 2 is 1.85 bits per heavy atom. The van der Waals surface area contributed by atoms with Crippen LogP contribution in [-0.4, -0.2) is 21.4 Å². The smallest absolute Gasteiger partial charge is 0.108 e. The van der Waals surface area contributed by atoms with Crippen molar-refractivity contribution in [2.24, 2.45) is 0 Å². The minimum Gasteiger partial charge on any atom is -0.365 e. The molecule has 0 bridgehead atoms. The molecular weight excluding hydrogens is 332 g/mol. The molecule has 0 unspecified atom stereocenters. The summed E-state index contributed by atoms with van der Waals surface area (Å²) in [5, 5.41) is 5.11. The molecule has 0 radical (unpaired) electrons. The average molecular weight is 352 g/mol. The summed E-state index contributed by atoms with van der Waals surface area (Å²) >= 11 is 0. The van der Waals surface area contributed by atoms with E-state index in [1.807, 2.05) is 18.5 Å². The minimum atomic E-state index is 0.123. The van der Waals surface area contributed by atoms with E-state index in [2.05, 4.69) is 74.8 Å². The standard InChI is InChI=1S/C23H20N4/c1-3-9-19-16(7-1)17-11-13-27-22(21(17)25-19)18-8-2-4-10-20(18)26-23(27)15-6-5-12-24-14-15/h1-10,12,14,22-23,25-26H,11,13H2/t22-,23+/m0/s1. The zero-order chi connectivity index (χ0) is 17.8. The van der Waals surface area contributed by atoms with Crippen LogP contribution in [0.1, 0.15) is 34.6 Å². The topological polar surface area (TPSA) is 44.0 Å². The molecule has 0 aliphatic carbocycles.